The van der Waals surface area contributed by atoms with Crippen LogP contribution in [0.3, 0.4) is 0 Å². The zero-order chi connectivity index (χ0) is 16.2. The number of rotatable bonds is 4. The maximum atomic E-state index is 12.0. The van der Waals surface area contributed by atoms with Gasteiger partial charge in [-0.25, -0.2) is 4.79 Å². The summed E-state index contributed by atoms with van der Waals surface area (Å²) in [5, 5.41) is 12.9. The molecule has 1 aromatic heterocycles. The van der Waals surface area contributed by atoms with E-state index >= 15 is 0 Å². The van der Waals surface area contributed by atoms with Crippen molar-refractivity contribution in [3.05, 3.63) is 24.2 Å². The third-order valence-corrected chi connectivity index (χ3v) is 3.65. The number of nitrogens with zero attached hydrogens (tertiary/aromatic N) is 1. The van der Waals surface area contributed by atoms with Crippen LogP contribution in [0.4, 0.5) is 4.79 Å². The lowest BCUT2D eigenvalue weighted by atomic mass is 10.0. The van der Waals surface area contributed by atoms with Gasteiger partial charge in [-0.05, 0) is 45.7 Å². The quantitative estimate of drug-likeness (QED) is 0.892. The van der Waals surface area contributed by atoms with Crippen molar-refractivity contribution in [3.8, 4) is 0 Å². The van der Waals surface area contributed by atoms with Crippen molar-refractivity contribution in [1.29, 1.82) is 0 Å². The van der Waals surface area contributed by atoms with Gasteiger partial charge in [0.15, 0.2) is 0 Å². The first-order valence-corrected chi connectivity index (χ1v) is 7.77. The van der Waals surface area contributed by atoms with Crippen molar-refractivity contribution in [1.82, 2.24) is 10.2 Å². The second kappa shape index (κ2) is 7.15. The van der Waals surface area contributed by atoms with E-state index in [0.717, 1.165) is 18.6 Å². The summed E-state index contributed by atoms with van der Waals surface area (Å²) in [6.45, 7) is 6.91. The van der Waals surface area contributed by atoms with Crippen LogP contribution < -0.4 is 5.32 Å². The van der Waals surface area contributed by atoms with Crippen LogP contribution in [0.15, 0.2) is 22.8 Å². The standard InChI is InChI=1S/C16H26N2O4/c1-16(2,3)22-15(20)18-8-6-12(7-9-18)17-13(11-19)14-5-4-10-21-14/h4-5,10,12-13,17,19H,6-9,11H2,1-3H3. The van der Waals surface area contributed by atoms with Crippen LogP contribution in [0, 0.1) is 0 Å². The molecular weight excluding hydrogens is 284 g/mol. The topological polar surface area (TPSA) is 74.9 Å². The number of likely N-dealkylation sites (tertiary alicyclic amines) is 1. The number of hydrogen-bond donors (Lipinski definition) is 2. The average Bonchev–Trinajstić information content (AvgIpc) is 2.97. The molecule has 0 radical (unpaired) electrons. The Labute approximate surface area is 131 Å². The lowest BCUT2D eigenvalue weighted by molar-refractivity contribution is 0.0192. The molecule has 1 unspecified atom stereocenters. The van der Waals surface area contributed by atoms with Crippen molar-refractivity contribution >= 4 is 6.09 Å². The van der Waals surface area contributed by atoms with E-state index in [2.05, 4.69) is 5.32 Å². The van der Waals surface area contributed by atoms with Gasteiger partial charge in [0, 0.05) is 19.1 Å². The molecule has 0 bridgehead atoms. The van der Waals surface area contributed by atoms with E-state index in [0.29, 0.717) is 13.1 Å². The van der Waals surface area contributed by atoms with E-state index in [9.17, 15) is 9.90 Å². The van der Waals surface area contributed by atoms with Gasteiger partial charge in [-0.1, -0.05) is 0 Å². The van der Waals surface area contributed by atoms with Gasteiger partial charge in [0.1, 0.15) is 11.4 Å². The van der Waals surface area contributed by atoms with Crippen LogP contribution in [0.25, 0.3) is 0 Å². The SMILES string of the molecule is CC(C)(C)OC(=O)N1CCC(NC(CO)c2ccco2)CC1. The molecule has 0 aromatic carbocycles. The molecule has 2 N–H and O–H groups in total. The smallest absolute Gasteiger partial charge is 0.410 e. The highest BCUT2D eigenvalue weighted by Crippen LogP contribution is 2.19. The minimum absolute atomic E-state index is 0.0141. The fraction of sp³-hybridized carbons (Fsp3) is 0.688. The molecule has 1 saturated heterocycles. The van der Waals surface area contributed by atoms with E-state index in [1.165, 1.54) is 0 Å². The third kappa shape index (κ3) is 4.74. The summed E-state index contributed by atoms with van der Waals surface area (Å²) in [6.07, 6.45) is 3.01. The molecule has 0 spiro atoms. The van der Waals surface area contributed by atoms with Gasteiger partial charge in [0.25, 0.3) is 0 Å². The van der Waals surface area contributed by atoms with E-state index in [4.69, 9.17) is 9.15 Å². The second-order valence-corrected chi connectivity index (χ2v) is 6.66. The van der Waals surface area contributed by atoms with E-state index < -0.39 is 5.60 Å². The number of aliphatic hydroxyl groups is 1. The molecular formula is C16H26N2O4. The van der Waals surface area contributed by atoms with Crippen molar-refractivity contribution in [2.45, 2.75) is 51.3 Å². The zero-order valence-electron chi connectivity index (χ0n) is 13.5. The molecule has 0 saturated carbocycles. The molecule has 124 valence electrons. The monoisotopic (exact) mass is 310 g/mol. The molecule has 1 atom stereocenters. The number of hydrogen-bond acceptors (Lipinski definition) is 5. The van der Waals surface area contributed by atoms with Gasteiger partial charge >= 0.3 is 6.09 Å². The van der Waals surface area contributed by atoms with Crippen LogP contribution >= 0.6 is 0 Å². The summed E-state index contributed by atoms with van der Waals surface area (Å²) >= 11 is 0. The first-order chi connectivity index (χ1) is 10.4. The third-order valence-electron chi connectivity index (χ3n) is 3.65. The van der Waals surface area contributed by atoms with Crippen molar-refractivity contribution < 1.29 is 19.1 Å². The Kier molecular flexibility index (Phi) is 5.47. The summed E-state index contributed by atoms with van der Waals surface area (Å²) in [7, 11) is 0. The Balaban J connectivity index is 1.81. The van der Waals surface area contributed by atoms with Gasteiger partial charge in [-0.3, -0.25) is 0 Å². The fourth-order valence-corrected chi connectivity index (χ4v) is 2.55. The van der Waals surface area contributed by atoms with Crippen LogP contribution in [-0.4, -0.2) is 47.4 Å². The zero-order valence-corrected chi connectivity index (χ0v) is 13.5. The highest BCUT2D eigenvalue weighted by Gasteiger charge is 2.28. The summed E-state index contributed by atoms with van der Waals surface area (Å²) in [4.78, 5) is 13.8. The van der Waals surface area contributed by atoms with Crippen molar-refractivity contribution in [2.75, 3.05) is 19.7 Å². The first kappa shape index (κ1) is 16.8. The van der Waals surface area contributed by atoms with Crippen molar-refractivity contribution in [2.24, 2.45) is 0 Å². The normalized spacial score (nSPS) is 18.3. The van der Waals surface area contributed by atoms with E-state index in [-0.39, 0.29) is 24.8 Å². The van der Waals surface area contributed by atoms with Gasteiger partial charge in [0.2, 0.25) is 0 Å². The summed E-state index contributed by atoms with van der Waals surface area (Å²) in [5.41, 5.74) is -0.465. The first-order valence-electron chi connectivity index (χ1n) is 7.77. The number of amides is 1. The Morgan fingerprint density at radius 3 is 2.68 bits per heavy atom. The van der Waals surface area contributed by atoms with E-state index in [1.54, 1.807) is 11.2 Å². The predicted octanol–water partition coefficient (Wildman–Crippen LogP) is 2.30. The number of aliphatic hydroxyl groups excluding tert-OH is 1. The molecule has 2 rings (SSSR count). The highest BCUT2D eigenvalue weighted by molar-refractivity contribution is 5.68. The molecule has 22 heavy (non-hydrogen) atoms. The molecule has 6 nitrogen and oxygen atoms in total. The Morgan fingerprint density at radius 1 is 1.50 bits per heavy atom. The van der Waals surface area contributed by atoms with E-state index in [1.807, 2.05) is 32.9 Å². The minimum atomic E-state index is -0.465. The number of carbonyl (C=O) groups is 1. The summed E-state index contributed by atoms with van der Waals surface area (Å²) in [5.74, 6) is 0.733. The van der Waals surface area contributed by atoms with Gasteiger partial charge in [0.05, 0.1) is 18.9 Å². The molecule has 0 aliphatic carbocycles. The van der Waals surface area contributed by atoms with Gasteiger partial charge in [-0.2, -0.15) is 0 Å². The minimum Gasteiger partial charge on any atom is -0.468 e. The summed E-state index contributed by atoms with van der Waals surface area (Å²) < 4.78 is 10.7. The lowest BCUT2D eigenvalue weighted by Crippen LogP contribution is -2.47. The maximum Gasteiger partial charge on any atom is 0.410 e. The fourth-order valence-electron chi connectivity index (χ4n) is 2.55. The van der Waals surface area contributed by atoms with Gasteiger partial charge < -0.3 is 24.5 Å². The number of ether oxygens (including phenoxy) is 1. The molecule has 1 fully saturated rings. The Hall–Kier alpha value is -1.53. The summed E-state index contributed by atoms with van der Waals surface area (Å²) in [6, 6.07) is 3.71. The van der Waals surface area contributed by atoms with Crippen LogP contribution in [0.1, 0.15) is 45.4 Å². The van der Waals surface area contributed by atoms with Crippen molar-refractivity contribution in [3.63, 3.8) is 0 Å². The molecule has 1 aliphatic heterocycles. The number of furan rings is 1. The number of nitrogens with one attached hydrogen (secondary N) is 1. The molecule has 1 amide bonds. The molecule has 6 heteroatoms. The number of carbonyl (C=O) groups excluding carboxylic acids is 1. The predicted molar refractivity (Wildman–Crippen MR) is 82.5 cm³/mol. The maximum absolute atomic E-state index is 12.0. The number of piperidine rings is 1. The Morgan fingerprint density at radius 2 is 2.18 bits per heavy atom. The largest absolute Gasteiger partial charge is 0.468 e. The molecule has 2 heterocycles. The van der Waals surface area contributed by atoms with Crippen LogP contribution in [0.2, 0.25) is 0 Å². The highest BCUT2D eigenvalue weighted by atomic mass is 16.6. The second-order valence-electron chi connectivity index (χ2n) is 6.66. The van der Waals surface area contributed by atoms with Crippen LogP contribution in [-0.2, 0) is 4.74 Å². The Bertz CT molecular complexity index is 459. The molecule has 1 aromatic rings. The lowest BCUT2D eigenvalue weighted by Gasteiger charge is -2.34. The average molecular weight is 310 g/mol. The molecule has 1 aliphatic rings. The van der Waals surface area contributed by atoms with Crippen LogP contribution in [0.5, 0.6) is 0 Å². The van der Waals surface area contributed by atoms with Gasteiger partial charge in [-0.15, -0.1) is 0 Å².